The van der Waals surface area contributed by atoms with Crippen molar-refractivity contribution in [3.63, 3.8) is 0 Å². The molecule has 1 aromatic rings. The Kier molecular flexibility index (Phi) is 3.35. The molecule has 4 heteroatoms. The molecule has 2 rings (SSSR count). The molecule has 1 heterocycles. The van der Waals surface area contributed by atoms with Crippen LogP contribution in [-0.2, 0) is 9.31 Å². The first-order valence-corrected chi connectivity index (χ1v) is 6.41. The highest BCUT2D eigenvalue weighted by atomic mass is 35.5. The van der Waals surface area contributed by atoms with E-state index in [4.69, 9.17) is 20.9 Å². The van der Waals surface area contributed by atoms with Crippen LogP contribution < -0.4 is 5.46 Å². The van der Waals surface area contributed by atoms with Gasteiger partial charge in [0.1, 0.15) is 0 Å². The molecule has 0 atom stereocenters. The van der Waals surface area contributed by atoms with Crippen molar-refractivity contribution in [3.05, 3.63) is 35.4 Å². The fourth-order valence-corrected chi connectivity index (χ4v) is 2.12. The third kappa shape index (κ3) is 2.35. The Morgan fingerprint density at radius 1 is 1.11 bits per heavy atom. The van der Waals surface area contributed by atoms with E-state index in [0.717, 1.165) is 11.0 Å². The summed E-state index contributed by atoms with van der Waals surface area (Å²) in [6.07, 6.45) is 1.76. The van der Waals surface area contributed by atoms with Gasteiger partial charge in [0.15, 0.2) is 0 Å². The highest BCUT2D eigenvalue weighted by molar-refractivity contribution is 6.62. The van der Waals surface area contributed by atoms with Gasteiger partial charge < -0.3 is 9.31 Å². The average molecular weight is 265 g/mol. The summed E-state index contributed by atoms with van der Waals surface area (Å²) in [6, 6.07) is 5.72. The predicted molar refractivity (Wildman–Crippen MR) is 77.3 cm³/mol. The van der Waals surface area contributed by atoms with Crippen molar-refractivity contribution in [2.75, 3.05) is 0 Å². The van der Waals surface area contributed by atoms with E-state index in [1.807, 2.05) is 45.9 Å². The summed E-state index contributed by atoms with van der Waals surface area (Å²) in [5.41, 5.74) is 1.21. The first-order chi connectivity index (χ1) is 8.25. The number of benzene rings is 1. The molecule has 0 unspecified atom stereocenters. The number of hydrogen-bond acceptors (Lipinski definition) is 2. The standard InChI is InChI=1S/C14H18BClO2/c1-6-10-7-11(9-12(16)8-10)15-17-13(2,3)14(4,5)18-15/h6-9H,1H2,2-5H3. The van der Waals surface area contributed by atoms with Crippen molar-refractivity contribution in [2.45, 2.75) is 38.9 Å². The molecule has 1 aromatic carbocycles. The number of rotatable bonds is 2. The zero-order chi connectivity index (χ0) is 13.6. The zero-order valence-electron chi connectivity index (χ0n) is 11.3. The van der Waals surface area contributed by atoms with Crippen LogP contribution in [0.4, 0.5) is 0 Å². The van der Waals surface area contributed by atoms with Gasteiger partial charge in [0.2, 0.25) is 0 Å². The summed E-state index contributed by atoms with van der Waals surface area (Å²) in [7, 11) is -0.382. The Bertz CT molecular complexity index is 467. The van der Waals surface area contributed by atoms with Crippen LogP contribution in [0.2, 0.25) is 5.02 Å². The molecule has 1 fully saturated rings. The zero-order valence-corrected chi connectivity index (χ0v) is 12.0. The van der Waals surface area contributed by atoms with E-state index in [1.165, 1.54) is 0 Å². The topological polar surface area (TPSA) is 18.5 Å². The van der Waals surface area contributed by atoms with E-state index in [0.29, 0.717) is 5.02 Å². The minimum Gasteiger partial charge on any atom is -0.399 e. The molecular weight excluding hydrogens is 246 g/mol. The molecular formula is C14H18BClO2. The molecule has 0 spiro atoms. The molecule has 0 amide bonds. The minimum atomic E-state index is -0.382. The lowest BCUT2D eigenvalue weighted by Gasteiger charge is -2.32. The van der Waals surface area contributed by atoms with Gasteiger partial charge in [-0.1, -0.05) is 30.3 Å². The molecule has 2 nitrogen and oxygen atoms in total. The maximum absolute atomic E-state index is 6.09. The maximum Gasteiger partial charge on any atom is 0.494 e. The molecule has 0 aliphatic carbocycles. The third-order valence-corrected chi connectivity index (χ3v) is 3.92. The van der Waals surface area contributed by atoms with Gasteiger partial charge in [-0.2, -0.15) is 0 Å². The number of halogens is 1. The van der Waals surface area contributed by atoms with E-state index >= 15 is 0 Å². The largest absolute Gasteiger partial charge is 0.494 e. The summed E-state index contributed by atoms with van der Waals surface area (Å²) >= 11 is 6.09. The molecule has 18 heavy (non-hydrogen) atoms. The lowest BCUT2D eigenvalue weighted by molar-refractivity contribution is 0.00578. The van der Waals surface area contributed by atoms with Gasteiger partial charge >= 0.3 is 7.12 Å². The van der Waals surface area contributed by atoms with E-state index in [9.17, 15) is 0 Å². The first kappa shape index (κ1) is 13.7. The smallest absolute Gasteiger partial charge is 0.399 e. The van der Waals surface area contributed by atoms with Crippen molar-refractivity contribution in [1.82, 2.24) is 0 Å². The summed E-state index contributed by atoms with van der Waals surface area (Å²) in [4.78, 5) is 0. The van der Waals surface area contributed by atoms with Gasteiger partial charge in [0, 0.05) is 5.02 Å². The Morgan fingerprint density at radius 2 is 1.67 bits per heavy atom. The second-order valence-electron chi connectivity index (χ2n) is 5.61. The Morgan fingerprint density at radius 3 is 2.17 bits per heavy atom. The molecule has 0 saturated carbocycles. The van der Waals surface area contributed by atoms with Crippen molar-refractivity contribution in [1.29, 1.82) is 0 Å². The molecule has 1 aliphatic rings. The summed E-state index contributed by atoms with van der Waals surface area (Å²) in [5.74, 6) is 0. The fourth-order valence-electron chi connectivity index (χ4n) is 1.87. The Balaban J connectivity index is 2.35. The Labute approximate surface area is 114 Å². The van der Waals surface area contributed by atoms with Crippen LogP contribution in [0, 0.1) is 0 Å². The van der Waals surface area contributed by atoms with Gasteiger partial charge in [-0.3, -0.25) is 0 Å². The van der Waals surface area contributed by atoms with Crippen molar-refractivity contribution in [2.24, 2.45) is 0 Å². The van der Waals surface area contributed by atoms with Crippen molar-refractivity contribution < 1.29 is 9.31 Å². The van der Waals surface area contributed by atoms with Crippen LogP contribution in [0.1, 0.15) is 33.3 Å². The SMILES string of the molecule is C=Cc1cc(Cl)cc(B2OC(C)(C)C(C)(C)O2)c1. The van der Waals surface area contributed by atoms with E-state index < -0.39 is 0 Å². The van der Waals surface area contributed by atoms with Crippen LogP contribution in [0.15, 0.2) is 24.8 Å². The highest BCUT2D eigenvalue weighted by Crippen LogP contribution is 2.36. The maximum atomic E-state index is 6.09. The monoisotopic (exact) mass is 264 g/mol. The van der Waals surface area contributed by atoms with Gasteiger partial charge in [-0.25, -0.2) is 0 Å². The second kappa shape index (κ2) is 4.41. The van der Waals surface area contributed by atoms with E-state index in [-0.39, 0.29) is 18.3 Å². The lowest BCUT2D eigenvalue weighted by atomic mass is 9.78. The lowest BCUT2D eigenvalue weighted by Crippen LogP contribution is -2.41. The molecule has 1 aliphatic heterocycles. The average Bonchev–Trinajstić information content (AvgIpc) is 2.47. The summed E-state index contributed by atoms with van der Waals surface area (Å²) in [6.45, 7) is 11.9. The van der Waals surface area contributed by atoms with Gasteiger partial charge in [-0.15, -0.1) is 0 Å². The number of hydrogen-bond donors (Lipinski definition) is 0. The van der Waals surface area contributed by atoms with E-state index in [1.54, 1.807) is 6.08 Å². The molecule has 0 radical (unpaired) electrons. The van der Waals surface area contributed by atoms with Gasteiger partial charge in [0.25, 0.3) is 0 Å². The second-order valence-corrected chi connectivity index (χ2v) is 6.05. The summed E-state index contributed by atoms with van der Waals surface area (Å²) < 4.78 is 12.0. The predicted octanol–water partition coefficient (Wildman–Crippen LogP) is 3.28. The molecule has 96 valence electrons. The van der Waals surface area contributed by atoms with Crippen LogP contribution in [0.5, 0.6) is 0 Å². The van der Waals surface area contributed by atoms with Gasteiger partial charge in [0.05, 0.1) is 11.2 Å². The minimum absolute atomic E-state index is 0.339. The fraction of sp³-hybridized carbons (Fsp3) is 0.429. The van der Waals surface area contributed by atoms with Crippen LogP contribution in [-0.4, -0.2) is 18.3 Å². The van der Waals surface area contributed by atoms with Crippen LogP contribution in [0.25, 0.3) is 6.08 Å². The van der Waals surface area contributed by atoms with Gasteiger partial charge in [-0.05, 0) is 50.9 Å². The normalized spacial score (nSPS) is 21.1. The van der Waals surface area contributed by atoms with Crippen LogP contribution >= 0.6 is 11.6 Å². The van der Waals surface area contributed by atoms with Crippen LogP contribution in [0.3, 0.4) is 0 Å². The molecule has 0 bridgehead atoms. The van der Waals surface area contributed by atoms with Crippen molar-refractivity contribution in [3.8, 4) is 0 Å². The third-order valence-electron chi connectivity index (χ3n) is 3.70. The molecule has 0 N–H and O–H groups in total. The summed E-state index contributed by atoms with van der Waals surface area (Å²) in [5, 5.41) is 0.664. The molecule has 1 saturated heterocycles. The quantitative estimate of drug-likeness (QED) is 0.763. The van der Waals surface area contributed by atoms with E-state index in [2.05, 4.69) is 6.58 Å². The molecule has 0 aromatic heterocycles. The van der Waals surface area contributed by atoms with Crippen molar-refractivity contribution >= 4 is 30.3 Å². The first-order valence-electron chi connectivity index (χ1n) is 6.04. The Hall–Kier alpha value is -0.765. The highest BCUT2D eigenvalue weighted by Gasteiger charge is 2.51.